The third-order valence-corrected chi connectivity index (χ3v) is 11.1. The highest BCUT2D eigenvalue weighted by molar-refractivity contribution is 6.29. The molecule has 4 heterocycles. The van der Waals surface area contributed by atoms with Crippen LogP contribution in [0.25, 0.3) is 33.8 Å². The van der Waals surface area contributed by atoms with Crippen LogP contribution in [-0.4, -0.2) is 64.6 Å². The number of fused-ring (bicyclic) bond motifs is 4. The van der Waals surface area contributed by atoms with Crippen molar-refractivity contribution in [2.24, 2.45) is 0 Å². The molecule has 0 unspecified atom stereocenters. The number of aliphatic hydroxyl groups excluding tert-OH is 2. The molecule has 276 valence electrons. The number of carbonyl (C=O) groups excluding carboxylic acids is 4. The fraction of sp³-hybridized carbons (Fsp3) is 0.286. The molecule has 4 aromatic rings. The smallest absolute Gasteiger partial charge is 0.303 e. The number of carboxylic acid groups (broad SMARTS) is 2. The van der Waals surface area contributed by atoms with E-state index in [2.05, 4.69) is 0 Å². The summed E-state index contributed by atoms with van der Waals surface area (Å²) in [6.07, 6.45) is 6.43. The van der Waals surface area contributed by atoms with Crippen molar-refractivity contribution in [2.45, 2.75) is 75.3 Å². The second-order valence-corrected chi connectivity index (χ2v) is 14.2. The Labute approximate surface area is 309 Å². The van der Waals surface area contributed by atoms with Gasteiger partial charge in [-0.25, -0.2) is 0 Å². The molecular formula is C42H38N2O10. The van der Waals surface area contributed by atoms with Crippen LogP contribution in [0.15, 0.2) is 96.3 Å². The van der Waals surface area contributed by atoms with Crippen molar-refractivity contribution < 1.29 is 49.2 Å². The Morgan fingerprint density at radius 3 is 1.56 bits per heavy atom. The van der Waals surface area contributed by atoms with Gasteiger partial charge in [0.05, 0.1) is 24.2 Å². The van der Waals surface area contributed by atoms with Gasteiger partial charge >= 0.3 is 11.9 Å². The quantitative estimate of drug-likeness (QED) is 0.129. The van der Waals surface area contributed by atoms with Gasteiger partial charge in [0.1, 0.15) is 22.2 Å². The summed E-state index contributed by atoms with van der Waals surface area (Å²) in [5.41, 5.74) is 2.13. The topological polar surface area (TPSA) is 193 Å². The minimum Gasteiger partial charge on any atom is -0.505 e. The van der Waals surface area contributed by atoms with Crippen LogP contribution in [0.5, 0.6) is 0 Å². The lowest BCUT2D eigenvalue weighted by atomic mass is 9.68. The number of hydrogen-bond donors (Lipinski definition) is 4. The van der Waals surface area contributed by atoms with Crippen LogP contribution in [0.4, 0.5) is 0 Å². The van der Waals surface area contributed by atoms with Gasteiger partial charge in [-0.2, -0.15) is 0 Å². The molecule has 0 bridgehead atoms. The first-order chi connectivity index (χ1) is 25.9. The summed E-state index contributed by atoms with van der Waals surface area (Å²) >= 11 is 0. The molecule has 4 aliphatic rings. The third kappa shape index (κ3) is 5.87. The molecule has 8 rings (SSSR count). The molecule has 0 radical (unpaired) electrons. The predicted molar refractivity (Wildman–Crippen MR) is 196 cm³/mol. The number of aliphatic hydroxyl groups is 2. The number of carboxylic acids is 2. The van der Waals surface area contributed by atoms with E-state index in [1.54, 1.807) is 21.4 Å². The van der Waals surface area contributed by atoms with E-state index >= 15 is 0 Å². The highest BCUT2D eigenvalue weighted by Crippen LogP contribution is 2.50. The maximum absolute atomic E-state index is 13.1. The molecule has 12 nitrogen and oxygen atoms in total. The molecular weight excluding hydrogens is 692 g/mol. The number of aromatic nitrogens is 2. The van der Waals surface area contributed by atoms with Crippen molar-refractivity contribution in [3.8, 4) is 22.3 Å². The Balaban J connectivity index is 0.000000167. The number of carbonyl (C=O) groups is 6. The fourth-order valence-electron chi connectivity index (χ4n) is 7.98. The lowest BCUT2D eigenvalue weighted by molar-refractivity contribution is -0.139. The van der Waals surface area contributed by atoms with Crippen molar-refractivity contribution >= 4 is 46.6 Å². The number of rotatable bonds is 10. The van der Waals surface area contributed by atoms with Crippen LogP contribution in [0.1, 0.15) is 75.6 Å². The highest BCUT2D eigenvalue weighted by atomic mass is 16.4. The Kier molecular flexibility index (Phi) is 9.30. The molecule has 2 aliphatic heterocycles. The summed E-state index contributed by atoms with van der Waals surface area (Å²) in [6, 6.07) is 22.7. The van der Waals surface area contributed by atoms with E-state index in [0.717, 1.165) is 35.1 Å². The van der Waals surface area contributed by atoms with E-state index in [4.69, 9.17) is 10.2 Å². The molecule has 54 heavy (non-hydrogen) atoms. The molecule has 2 aromatic carbocycles. The predicted octanol–water partition coefficient (Wildman–Crippen LogP) is 6.64. The molecule has 2 aromatic heterocycles. The molecule has 2 saturated carbocycles. The first-order valence-electron chi connectivity index (χ1n) is 17.9. The van der Waals surface area contributed by atoms with E-state index in [9.17, 15) is 39.0 Å². The third-order valence-electron chi connectivity index (χ3n) is 11.1. The van der Waals surface area contributed by atoms with Crippen molar-refractivity contribution in [1.82, 2.24) is 9.13 Å². The zero-order valence-corrected chi connectivity index (χ0v) is 29.3. The molecule has 2 spiro atoms. The maximum Gasteiger partial charge on any atom is 0.303 e. The molecule has 0 atom stereocenters. The Hall–Kier alpha value is -6.30. The fourth-order valence-corrected chi connectivity index (χ4v) is 7.98. The molecule has 0 saturated heterocycles. The van der Waals surface area contributed by atoms with Gasteiger partial charge in [-0.15, -0.1) is 0 Å². The molecule has 0 amide bonds. The van der Waals surface area contributed by atoms with Crippen molar-refractivity contribution in [3.05, 3.63) is 108 Å². The standard InChI is InChI=1S/2C21H19NO5/c23-15(7-8-16(24)25)17-19(26)18-14(13-5-2-1-3-6-13)9-12-22(18)21(20(17)27)10-4-11-21;23-16(7-8-17(24)25)18-19(26)15-11-14(13-5-2-1-3-6-13)12-22(15)21(20(18)27)9-4-10-21/h1-3,5-6,9,12,26H,4,7-8,10-11H2,(H,24,25);1-3,5-6,11-12,26H,4,7-10H2,(H,24,25). The van der Waals surface area contributed by atoms with Crippen LogP contribution in [0.2, 0.25) is 0 Å². The number of Topliss-reactive ketones (excluding diaryl/α,β-unsaturated/α-hetero) is 4. The number of allylic oxidation sites excluding steroid dienone is 2. The van der Waals surface area contributed by atoms with Crippen LogP contribution in [-0.2, 0) is 39.8 Å². The van der Waals surface area contributed by atoms with Crippen LogP contribution >= 0.6 is 0 Å². The van der Waals surface area contributed by atoms with Gasteiger partial charge in [-0.3, -0.25) is 28.8 Å². The van der Waals surface area contributed by atoms with Crippen molar-refractivity contribution in [2.75, 3.05) is 0 Å². The number of aliphatic carboxylic acids is 2. The average molecular weight is 731 g/mol. The number of nitrogens with zero attached hydrogens (tertiary/aromatic N) is 2. The average Bonchev–Trinajstić information content (AvgIpc) is 3.77. The largest absolute Gasteiger partial charge is 0.505 e. The summed E-state index contributed by atoms with van der Waals surface area (Å²) in [7, 11) is 0. The van der Waals surface area contributed by atoms with E-state index in [-0.39, 0.29) is 48.3 Å². The monoisotopic (exact) mass is 730 g/mol. The van der Waals surface area contributed by atoms with Crippen molar-refractivity contribution in [1.29, 1.82) is 0 Å². The molecule has 2 fully saturated rings. The molecule has 4 N–H and O–H groups in total. The van der Waals surface area contributed by atoms with E-state index in [0.29, 0.717) is 37.1 Å². The second kappa shape index (κ2) is 13.9. The lowest BCUT2D eigenvalue weighted by Crippen LogP contribution is -2.52. The number of hydrogen-bond acceptors (Lipinski definition) is 8. The summed E-state index contributed by atoms with van der Waals surface area (Å²) in [4.78, 5) is 73.0. The summed E-state index contributed by atoms with van der Waals surface area (Å²) < 4.78 is 3.59. The normalized spacial score (nSPS) is 17.6. The Morgan fingerprint density at radius 2 is 1.07 bits per heavy atom. The van der Waals surface area contributed by atoms with Gasteiger partial charge < -0.3 is 29.6 Å². The van der Waals surface area contributed by atoms with E-state index in [1.807, 2.05) is 72.9 Å². The van der Waals surface area contributed by atoms with Gasteiger partial charge in [-0.05, 0) is 61.8 Å². The first kappa shape index (κ1) is 36.1. The van der Waals surface area contributed by atoms with Gasteiger partial charge in [-0.1, -0.05) is 60.7 Å². The number of benzene rings is 2. The Bertz CT molecular complexity index is 2270. The SMILES string of the molecule is O=C(O)CCC(=O)C1=C(O)c2c(-c3ccccc3)ccn2C2(CCC2)C1=O.O=C(O)CCC(=O)C1=C(O)c2cc(-c3ccccc3)cn2C2(CCC2)C1=O. The van der Waals surface area contributed by atoms with Gasteiger partial charge in [0.2, 0.25) is 0 Å². The van der Waals surface area contributed by atoms with Crippen molar-refractivity contribution in [3.63, 3.8) is 0 Å². The van der Waals surface area contributed by atoms with E-state index < -0.39 is 46.1 Å². The summed E-state index contributed by atoms with van der Waals surface area (Å²) in [5.74, 6) is -4.95. The Morgan fingerprint density at radius 1 is 0.593 bits per heavy atom. The zero-order chi connectivity index (χ0) is 38.4. The lowest BCUT2D eigenvalue weighted by Gasteiger charge is -2.45. The highest BCUT2D eigenvalue weighted by Gasteiger charge is 2.54. The van der Waals surface area contributed by atoms with Gasteiger partial charge in [0.15, 0.2) is 34.7 Å². The minimum atomic E-state index is -1.11. The van der Waals surface area contributed by atoms with Gasteiger partial charge in [0, 0.05) is 36.4 Å². The van der Waals surface area contributed by atoms with Crippen LogP contribution < -0.4 is 0 Å². The minimum absolute atomic E-state index is 0.249. The maximum atomic E-state index is 13.1. The summed E-state index contributed by atoms with van der Waals surface area (Å²) in [5, 5.41) is 39.3. The zero-order valence-electron chi connectivity index (χ0n) is 29.3. The van der Waals surface area contributed by atoms with Crippen LogP contribution in [0, 0.1) is 0 Å². The van der Waals surface area contributed by atoms with E-state index in [1.165, 1.54) is 0 Å². The number of ketones is 4. The van der Waals surface area contributed by atoms with Crippen LogP contribution in [0.3, 0.4) is 0 Å². The first-order valence-corrected chi connectivity index (χ1v) is 17.9. The summed E-state index contributed by atoms with van der Waals surface area (Å²) in [6.45, 7) is 0. The molecule has 12 heteroatoms. The molecule has 2 aliphatic carbocycles. The van der Waals surface area contributed by atoms with Gasteiger partial charge in [0.25, 0.3) is 0 Å². The second-order valence-electron chi connectivity index (χ2n) is 14.2.